The highest BCUT2D eigenvalue weighted by Crippen LogP contribution is 2.19. The van der Waals surface area contributed by atoms with Crippen LogP contribution in [0.15, 0.2) is 0 Å². The molecule has 0 aliphatic carbocycles. The van der Waals surface area contributed by atoms with Gasteiger partial charge in [0.2, 0.25) is 5.91 Å². The molecule has 0 aromatic heterocycles. The molecular weight excluding hydrogens is 361 g/mol. The minimum atomic E-state index is -0.370. The molecule has 1 amide bonds. The van der Waals surface area contributed by atoms with Gasteiger partial charge in [0.05, 0.1) is 6.04 Å². The average Bonchev–Trinajstić information content (AvgIpc) is 2.58. The topological polar surface area (TPSA) is 67.6 Å². The molecule has 0 bridgehead atoms. The van der Waals surface area contributed by atoms with Crippen molar-refractivity contribution >= 4 is 30.7 Å². The van der Waals surface area contributed by atoms with Crippen LogP contribution < -0.4 is 11.1 Å². The van der Waals surface area contributed by atoms with E-state index in [0.717, 1.165) is 38.5 Å². The van der Waals surface area contributed by atoms with Crippen molar-refractivity contribution in [1.29, 1.82) is 0 Å². The number of ether oxygens (including phenoxy) is 1. The lowest BCUT2D eigenvalue weighted by Gasteiger charge is -2.33. The van der Waals surface area contributed by atoms with Crippen molar-refractivity contribution in [3.05, 3.63) is 0 Å². The van der Waals surface area contributed by atoms with Crippen molar-refractivity contribution in [3.8, 4) is 0 Å². The Morgan fingerprint density at radius 2 is 1.76 bits per heavy atom. The third kappa shape index (κ3) is 8.91. The lowest BCUT2D eigenvalue weighted by molar-refractivity contribution is -0.124. The SMILES string of the molecule is CC(C)CCN1CCC(CNC(=O)C(N)C2CCOCC2)CC1.Cl.Cl. The first-order chi connectivity index (χ1) is 11.1. The van der Waals surface area contributed by atoms with Gasteiger partial charge in [-0.2, -0.15) is 0 Å². The van der Waals surface area contributed by atoms with E-state index in [2.05, 4.69) is 24.1 Å². The predicted octanol–water partition coefficient (Wildman–Crippen LogP) is 2.46. The minimum Gasteiger partial charge on any atom is -0.381 e. The van der Waals surface area contributed by atoms with Gasteiger partial charge in [-0.1, -0.05) is 13.8 Å². The Labute approximate surface area is 165 Å². The summed E-state index contributed by atoms with van der Waals surface area (Å²) in [6.45, 7) is 10.4. The van der Waals surface area contributed by atoms with Crippen LogP contribution in [0.3, 0.4) is 0 Å². The molecule has 2 fully saturated rings. The molecule has 0 aromatic rings. The number of piperidine rings is 1. The number of halogens is 2. The number of nitrogens with two attached hydrogens (primary N) is 1. The summed E-state index contributed by atoms with van der Waals surface area (Å²) in [6.07, 6.45) is 5.46. The summed E-state index contributed by atoms with van der Waals surface area (Å²) in [5.41, 5.74) is 6.12. The Hall–Kier alpha value is -0.0700. The average molecular weight is 398 g/mol. The van der Waals surface area contributed by atoms with Crippen LogP contribution in [0, 0.1) is 17.8 Å². The Morgan fingerprint density at radius 1 is 1.16 bits per heavy atom. The van der Waals surface area contributed by atoms with Crippen LogP contribution in [0.1, 0.15) is 46.0 Å². The van der Waals surface area contributed by atoms with Gasteiger partial charge in [-0.25, -0.2) is 0 Å². The molecule has 5 nitrogen and oxygen atoms in total. The zero-order valence-electron chi connectivity index (χ0n) is 15.7. The second-order valence-electron chi connectivity index (χ2n) is 7.69. The first-order valence-corrected chi connectivity index (χ1v) is 9.39. The molecule has 25 heavy (non-hydrogen) atoms. The largest absolute Gasteiger partial charge is 0.381 e. The monoisotopic (exact) mass is 397 g/mol. The molecule has 0 saturated carbocycles. The van der Waals surface area contributed by atoms with Crippen LogP contribution in [0.4, 0.5) is 0 Å². The zero-order chi connectivity index (χ0) is 16.7. The van der Waals surface area contributed by atoms with Crippen LogP contribution in [-0.4, -0.2) is 56.2 Å². The molecule has 2 aliphatic heterocycles. The summed E-state index contributed by atoms with van der Waals surface area (Å²) >= 11 is 0. The molecule has 150 valence electrons. The smallest absolute Gasteiger partial charge is 0.237 e. The number of hydrogen-bond donors (Lipinski definition) is 2. The van der Waals surface area contributed by atoms with E-state index in [0.29, 0.717) is 5.92 Å². The maximum atomic E-state index is 12.2. The van der Waals surface area contributed by atoms with E-state index in [9.17, 15) is 4.79 Å². The van der Waals surface area contributed by atoms with E-state index < -0.39 is 0 Å². The number of nitrogens with zero attached hydrogens (tertiary/aromatic N) is 1. The lowest BCUT2D eigenvalue weighted by atomic mass is 9.91. The molecule has 1 unspecified atom stereocenters. The fraction of sp³-hybridized carbons (Fsp3) is 0.944. The van der Waals surface area contributed by atoms with Crippen LogP contribution in [0.2, 0.25) is 0 Å². The molecule has 2 rings (SSSR count). The summed E-state index contributed by atoms with van der Waals surface area (Å²) in [6, 6.07) is -0.370. The van der Waals surface area contributed by atoms with Gasteiger partial charge < -0.3 is 20.7 Å². The summed E-state index contributed by atoms with van der Waals surface area (Å²) in [4.78, 5) is 14.8. The summed E-state index contributed by atoms with van der Waals surface area (Å²) in [5.74, 6) is 1.69. The van der Waals surface area contributed by atoms with Crippen LogP contribution in [0.25, 0.3) is 0 Å². The molecule has 7 heteroatoms. The Bertz CT molecular complexity index is 358. The third-order valence-corrected chi connectivity index (χ3v) is 5.37. The van der Waals surface area contributed by atoms with Gasteiger partial charge in [0.25, 0.3) is 0 Å². The van der Waals surface area contributed by atoms with Gasteiger partial charge in [-0.15, -0.1) is 24.8 Å². The van der Waals surface area contributed by atoms with Gasteiger partial charge >= 0.3 is 0 Å². The number of amides is 1. The maximum Gasteiger partial charge on any atom is 0.237 e. The molecule has 2 saturated heterocycles. The number of hydrogen-bond acceptors (Lipinski definition) is 4. The quantitative estimate of drug-likeness (QED) is 0.691. The van der Waals surface area contributed by atoms with Crippen molar-refractivity contribution in [3.63, 3.8) is 0 Å². The lowest BCUT2D eigenvalue weighted by Crippen LogP contribution is -2.49. The minimum absolute atomic E-state index is 0. The molecule has 2 aliphatic rings. The standard InChI is InChI=1S/C18H35N3O2.2ClH/c1-14(2)3-8-21-9-4-15(5-10-21)13-20-18(22)17(19)16-6-11-23-12-7-16;;/h14-17H,3-13,19H2,1-2H3,(H,20,22);2*1H. The molecule has 3 N–H and O–H groups in total. The van der Waals surface area contributed by atoms with E-state index in [1.807, 2.05) is 0 Å². The van der Waals surface area contributed by atoms with Gasteiger partial charge in [-0.3, -0.25) is 4.79 Å². The fourth-order valence-electron chi connectivity index (χ4n) is 3.51. The highest BCUT2D eigenvalue weighted by molar-refractivity contribution is 5.85. The summed E-state index contributed by atoms with van der Waals surface area (Å²) in [7, 11) is 0. The third-order valence-electron chi connectivity index (χ3n) is 5.37. The molecule has 1 atom stereocenters. The van der Waals surface area contributed by atoms with Crippen LogP contribution in [-0.2, 0) is 9.53 Å². The van der Waals surface area contributed by atoms with E-state index >= 15 is 0 Å². The zero-order valence-corrected chi connectivity index (χ0v) is 17.4. The second kappa shape index (κ2) is 13.2. The number of carbonyl (C=O) groups excluding carboxylic acids is 1. The molecule has 2 heterocycles. The van der Waals surface area contributed by atoms with Crippen molar-refractivity contribution < 1.29 is 9.53 Å². The Morgan fingerprint density at radius 3 is 2.32 bits per heavy atom. The van der Waals surface area contributed by atoms with Gasteiger partial charge in [-0.05, 0) is 69.5 Å². The van der Waals surface area contributed by atoms with Crippen LogP contribution >= 0.6 is 24.8 Å². The maximum absolute atomic E-state index is 12.2. The Balaban J connectivity index is 0.00000288. The molecule has 0 aromatic carbocycles. The molecule has 0 spiro atoms. The van der Waals surface area contributed by atoms with E-state index in [1.54, 1.807) is 0 Å². The highest BCUT2D eigenvalue weighted by atomic mass is 35.5. The number of nitrogens with one attached hydrogen (secondary N) is 1. The van der Waals surface area contributed by atoms with E-state index in [1.165, 1.54) is 38.9 Å². The predicted molar refractivity (Wildman–Crippen MR) is 108 cm³/mol. The number of likely N-dealkylation sites (tertiary alicyclic amines) is 1. The van der Waals surface area contributed by atoms with E-state index in [-0.39, 0.29) is 42.7 Å². The van der Waals surface area contributed by atoms with Crippen LogP contribution in [0.5, 0.6) is 0 Å². The fourth-order valence-corrected chi connectivity index (χ4v) is 3.51. The van der Waals surface area contributed by atoms with Crippen molar-refractivity contribution in [2.75, 3.05) is 39.4 Å². The van der Waals surface area contributed by atoms with Gasteiger partial charge in [0.1, 0.15) is 0 Å². The molecule has 0 radical (unpaired) electrons. The van der Waals surface area contributed by atoms with Crippen molar-refractivity contribution in [2.45, 2.75) is 52.0 Å². The normalized spacial score (nSPS) is 21.3. The Kier molecular flexibility index (Phi) is 13.1. The van der Waals surface area contributed by atoms with Gasteiger partial charge in [0.15, 0.2) is 0 Å². The first kappa shape index (κ1) is 24.9. The second-order valence-corrected chi connectivity index (χ2v) is 7.69. The van der Waals surface area contributed by atoms with E-state index in [4.69, 9.17) is 10.5 Å². The summed E-state index contributed by atoms with van der Waals surface area (Å²) < 4.78 is 5.34. The number of rotatable bonds is 7. The summed E-state index contributed by atoms with van der Waals surface area (Å²) in [5, 5.41) is 3.09. The highest BCUT2D eigenvalue weighted by Gasteiger charge is 2.27. The van der Waals surface area contributed by atoms with Crippen molar-refractivity contribution in [2.24, 2.45) is 23.5 Å². The van der Waals surface area contributed by atoms with Gasteiger partial charge in [0, 0.05) is 19.8 Å². The van der Waals surface area contributed by atoms with Crippen molar-refractivity contribution in [1.82, 2.24) is 10.2 Å². The first-order valence-electron chi connectivity index (χ1n) is 9.39. The molecular formula is C18H37Cl2N3O2. The number of carbonyl (C=O) groups is 1.